The van der Waals surface area contributed by atoms with Crippen LogP contribution in [0.3, 0.4) is 0 Å². The number of halogens is 3. The summed E-state index contributed by atoms with van der Waals surface area (Å²) in [5.74, 6) is -0.720. The highest BCUT2D eigenvalue weighted by molar-refractivity contribution is 8.00. The van der Waals surface area contributed by atoms with E-state index in [0.717, 1.165) is 23.9 Å². The van der Waals surface area contributed by atoms with Crippen LogP contribution in [0.1, 0.15) is 22.2 Å². The summed E-state index contributed by atoms with van der Waals surface area (Å²) in [6.07, 6.45) is -4.53. The van der Waals surface area contributed by atoms with Crippen LogP contribution in [-0.4, -0.2) is 26.6 Å². The Morgan fingerprint density at radius 2 is 1.84 bits per heavy atom. The van der Waals surface area contributed by atoms with Crippen LogP contribution in [0.5, 0.6) is 0 Å². The average Bonchev–Trinajstić information content (AvgIpc) is 3.05. The van der Waals surface area contributed by atoms with Crippen molar-refractivity contribution >= 4 is 29.3 Å². The normalized spacial score (nSPS) is 12.4. The number of nitrogens with one attached hydrogen (secondary N) is 1. The Kier molecular flexibility index (Phi) is 6.64. The van der Waals surface area contributed by atoms with Gasteiger partial charge in [-0.05, 0) is 30.7 Å². The van der Waals surface area contributed by atoms with Crippen LogP contribution in [0.15, 0.2) is 59.8 Å². The van der Waals surface area contributed by atoms with Gasteiger partial charge >= 0.3 is 6.18 Å². The first-order chi connectivity index (χ1) is 14.6. The number of benzene rings is 2. The van der Waals surface area contributed by atoms with Crippen molar-refractivity contribution in [1.82, 2.24) is 14.8 Å². The zero-order chi connectivity index (χ0) is 22.6. The molecular formula is C20H18F3N5O2S. The molecular weight excluding hydrogens is 431 g/mol. The van der Waals surface area contributed by atoms with E-state index in [9.17, 15) is 22.8 Å². The van der Waals surface area contributed by atoms with Crippen LogP contribution in [0, 0.1) is 6.92 Å². The molecule has 0 bridgehead atoms. The second kappa shape index (κ2) is 9.21. The standard InChI is InChI=1S/C20H18F3N5O2S/c1-12-26-27-19(28(12)11-16(24)29)31-17(13-6-3-2-4-7-13)18(30)25-15-9-5-8-14(10-15)20(21,22)23/h2-10,17H,11H2,1H3,(H2,24,29)(H,25,30). The van der Waals surface area contributed by atoms with E-state index in [-0.39, 0.29) is 17.4 Å². The zero-order valence-corrected chi connectivity index (χ0v) is 17.1. The van der Waals surface area contributed by atoms with Crippen LogP contribution >= 0.6 is 11.8 Å². The Balaban J connectivity index is 1.91. The summed E-state index contributed by atoms with van der Waals surface area (Å²) in [7, 11) is 0. The van der Waals surface area contributed by atoms with Crippen molar-refractivity contribution in [2.75, 3.05) is 5.32 Å². The molecule has 0 saturated carbocycles. The molecule has 31 heavy (non-hydrogen) atoms. The summed E-state index contributed by atoms with van der Waals surface area (Å²) in [5.41, 5.74) is 5.02. The number of hydrogen-bond acceptors (Lipinski definition) is 5. The van der Waals surface area contributed by atoms with Crippen LogP contribution in [0.25, 0.3) is 0 Å². The van der Waals surface area contributed by atoms with Gasteiger partial charge in [0.2, 0.25) is 11.8 Å². The second-order valence-electron chi connectivity index (χ2n) is 6.56. The Morgan fingerprint density at radius 3 is 2.48 bits per heavy atom. The first-order valence-electron chi connectivity index (χ1n) is 9.03. The van der Waals surface area contributed by atoms with Crippen LogP contribution in [0.4, 0.5) is 18.9 Å². The van der Waals surface area contributed by atoms with Gasteiger partial charge in [0, 0.05) is 5.69 Å². The number of primary amides is 1. The first-order valence-corrected chi connectivity index (χ1v) is 9.91. The smallest absolute Gasteiger partial charge is 0.368 e. The fraction of sp³-hybridized carbons (Fsp3) is 0.200. The fourth-order valence-corrected chi connectivity index (χ4v) is 3.86. The van der Waals surface area contributed by atoms with E-state index in [1.807, 2.05) is 0 Å². The third-order valence-corrected chi connectivity index (χ3v) is 5.47. The summed E-state index contributed by atoms with van der Waals surface area (Å²) >= 11 is 1.02. The van der Waals surface area contributed by atoms with Gasteiger partial charge < -0.3 is 11.1 Å². The third kappa shape index (κ3) is 5.63. The number of nitrogens with zero attached hydrogens (tertiary/aromatic N) is 3. The summed E-state index contributed by atoms with van der Waals surface area (Å²) in [6, 6.07) is 13.1. The van der Waals surface area contributed by atoms with E-state index < -0.39 is 28.8 Å². The molecule has 0 spiro atoms. The quantitative estimate of drug-likeness (QED) is 0.537. The van der Waals surface area contributed by atoms with Gasteiger partial charge in [0.15, 0.2) is 5.16 Å². The van der Waals surface area contributed by atoms with Crippen molar-refractivity contribution in [2.45, 2.75) is 30.1 Å². The number of alkyl halides is 3. The number of hydrogen-bond donors (Lipinski definition) is 2. The van der Waals surface area contributed by atoms with Crippen LogP contribution in [0.2, 0.25) is 0 Å². The molecule has 11 heteroatoms. The molecule has 3 aromatic rings. The highest BCUT2D eigenvalue weighted by Crippen LogP contribution is 2.36. The van der Waals surface area contributed by atoms with Crippen LogP contribution in [-0.2, 0) is 22.3 Å². The fourth-order valence-electron chi connectivity index (χ4n) is 2.77. The Bertz CT molecular complexity index is 1090. The molecule has 0 fully saturated rings. The summed E-state index contributed by atoms with van der Waals surface area (Å²) in [5, 5.41) is 9.88. The number of thioether (sulfide) groups is 1. The summed E-state index contributed by atoms with van der Waals surface area (Å²) < 4.78 is 40.5. The highest BCUT2D eigenvalue weighted by atomic mass is 32.2. The molecule has 1 unspecified atom stereocenters. The lowest BCUT2D eigenvalue weighted by Gasteiger charge is -2.17. The minimum Gasteiger partial charge on any atom is -0.368 e. The van der Waals surface area contributed by atoms with Crippen molar-refractivity contribution < 1.29 is 22.8 Å². The number of aromatic nitrogens is 3. The minimum absolute atomic E-state index is 0.0103. The molecule has 2 amide bonds. The van der Waals surface area contributed by atoms with E-state index >= 15 is 0 Å². The summed E-state index contributed by atoms with van der Waals surface area (Å²) in [6.45, 7) is 1.47. The lowest BCUT2D eigenvalue weighted by molar-refractivity contribution is -0.137. The number of amides is 2. The van der Waals surface area contributed by atoms with Crippen molar-refractivity contribution in [3.8, 4) is 0 Å². The minimum atomic E-state index is -4.53. The van der Waals surface area contributed by atoms with Crippen molar-refractivity contribution in [2.24, 2.45) is 5.73 Å². The van der Waals surface area contributed by atoms with Gasteiger partial charge in [-0.1, -0.05) is 48.2 Å². The van der Waals surface area contributed by atoms with E-state index in [4.69, 9.17) is 5.73 Å². The topological polar surface area (TPSA) is 103 Å². The first kappa shape index (κ1) is 22.3. The molecule has 162 valence electrons. The zero-order valence-electron chi connectivity index (χ0n) is 16.3. The average molecular weight is 449 g/mol. The SMILES string of the molecule is Cc1nnc(SC(C(=O)Nc2cccc(C(F)(F)F)c2)c2ccccc2)n1CC(N)=O. The van der Waals surface area contributed by atoms with Gasteiger partial charge in [0.1, 0.15) is 17.6 Å². The van der Waals surface area contributed by atoms with Gasteiger partial charge in [-0.15, -0.1) is 10.2 Å². The molecule has 0 aliphatic carbocycles. The predicted octanol–water partition coefficient (Wildman–Crippen LogP) is 3.56. The monoisotopic (exact) mass is 449 g/mol. The molecule has 2 aromatic carbocycles. The van der Waals surface area contributed by atoms with Crippen molar-refractivity contribution in [3.05, 3.63) is 71.5 Å². The Hall–Kier alpha value is -3.34. The van der Waals surface area contributed by atoms with E-state index in [1.54, 1.807) is 37.3 Å². The van der Waals surface area contributed by atoms with Crippen molar-refractivity contribution in [3.63, 3.8) is 0 Å². The number of nitrogens with two attached hydrogens (primary N) is 1. The molecule has 0 aliphatic rings. The maximum Gasteiger partial charge on any atom is 0.416 e. The predicted molar refractivity (Wildman–Crippen MR) is 109 cm³/mol. The van der Waals surface area contributed by atoms with E-state index in [2.05, 4.69) is 15.5 Å². The molecule has 7 nitrogen and oxygen atoms in total. The lowest BCUT2D eigenvalue weighted by Crippen LogP contribution is -2.22. The van der Waals surface area contributed by atoms with E-state index in [1.165, 1.54) is 16.7 Å². The van der Waals surface area contributed by atoms with Gasteiger partial charge in [-0.3, -0.25) is 14.2 Å². The Labute approximate surface area is 179 Å². The van der Waals surface area contributed by atoms with Crippen molar-refractivity contribution in [1.29, 1.82) is 0 Å². The highest BCUT2D eigenvalue weighted by Gasteiger charge is 2.31. The molecule has 1 atom stereocenters. The number of rotatable bonds is 7. The molecule has 1 heterocycles. The number of aryl methyl sites for hydroxylation is 1. The maximum absolute atomic E-state index is 13.1. The van der Waals surface area contributed by atoms with Gasteiger partial charge in [0.25, 0.3) is 0 Å². The Morgan fingerprint density at radius 1 is 1.13 bits per heavy atom. The van der Waals surface area contributed by atoms with E-state index in [0.29, 0.717) is 11.4 Å². The van der Waals surface area contributed by atoms with Crippen LogP contribution < -0.4 is 11.1 Å². The van der Waals surface area contributed by atoms with Gasteiger partial charge in [0.05, 0.1) is 5.56 Å². The molecule has 0 saturated heterocycles. The third-order valence-electron chi connectivity index (χ3n) is 4.24. The number of anilines is 1. The number of carbonyl (C=O) groups is 2. The molecule has 3 rings (SSSR count). The summed E-state index contributed by atoms with van der Waals surface area (Å²) in [4.78, 5) is 24.4. The molecule has 1 aromatic heterocycles. The second-order valence-corrected chi connectivity index (χ2v) is 7.63. The van der Waals surface area contributed by atoms with Gasteiger partial charge in [-0.2, -0.15) is 13.2 Å². The maximum atomic E-state index is 13.1. The molecule has 0 radical (unpaired) electrons. The largest absolute Gasteiger partial charge is 0.416 e. The lowest BCUT2D eigenvalue weighted by atomic mass is 10.1. The molecule has 3 N–H and O–H groups in total. The number of carbonyl (C=O) groups excluding carboxylic acids is 2. The molecule has 0 aliphatic heterocycles. The van der Waals surface area contributed by atoms with Gasteiger partial charge in [-0.25, -0.2) is 0 Å².